The van der Waals surface area contributed by atoms with Crippen LogP contribution in [0.4, 0.5) is 0 Å². The van der Waals surface area contributed by atoms with Crippen molar-refractivity contribution < 1.29 is 9.47 Å². The minimum absolute atomic E-state index is 0.0493. The molecule has 0 unspecified atom stereocenters. The molecule has 8 aromatic carbocycles. The highest BCUT2D eigenvalue weighted by atomic mass is 79.9. The summed E-state index contributed by atoms with van der Waals surface area (Å²) in [6, 6.07) is 32.2. The number of hydrogen-bond donors (Lipinski definition) is 0. The Morgan fingerprint density at radius 2 is 0.925 bits per heavy atom. The van der Waals surface area contributed by atoms with E-state index >= 15 is 0 Å². The van der Waals surface area contributed by atoms with Crippen molar-refractivity contribution in [2.24, 2.45) is 0 Å². The lowest BCUT2D eigenvalue weighted by molar-refractivity contribution is 0.486. The van der Waals surface area contributed by atoms with Gasteiger partial charge in [0.15, 0.2) is 0 Å². The van der Waals surface area contributed by atoms with Gasteiger partial charge in [-0.25, -0.2) is 0 Å². The molecule has 8 aromatic rings. The van der Waals surface area contributed by atoms with Crippen LogP contribution in [0.15, 0.2) is 103 Å². The number of aryl methyl sites for hydroxylation is 1. The molecule has 0 bridgehead atoms. The molecular formula is C44H26B2Br4O2Si. The first-order chi connectivity index (χ1) is 25.4. The number of hydrogen-bond acceptors (Lipinski definition) is 2. The third kappa shape index (κ3) is 4.11. The van der Waals surface area contributed by atoms with Crippen molar-refractivity contribution in [2.45, 2.75) is 26.6 Å². The highest BCUT2D eigenvalue weighted by molar-refractivity contribution is 9.11. The molecule has 0 amide bonds. The van der Waals surface area contributed by atoms with Crippen LogP contribution in [0.1, 0.15) is 5.56 Å². The summed E-state index contributed by atoms with van der Waals surface area (Å²) in [6.45, 7) is 9.91. The maximum absolute atomic E-state index is 6.75. The first-order valence-corrected chi connectivity index (χ1v) is 24.6. The van der Waals surface area contributed by atoms with Crippen LogP contribution in [-0.2, 0) is 0 Å². The van der Waals surface area contributed by atoms with Crippen molar-refractivity contribution in [3.8, 4) is 45.3 Å². The summed E-state index contributed by atoms with van der Waals surface area (Å²) < 4.78 is 17.6. The monoisotopic (exact) mass is 952 g/mol. The molecule has 4 aliphatic heterocycles. The largest absolute Gasteiger partial charge is 0.458 e. The third-order valence-corrected chi connectivity index (χ3v) is 16.1. The Labute approximate surface area is 342 Å². The second kappa shape index (κ2) is 10.5. The van der Waals surface area contributed by atoms with Crippen LogP contribution in [-0.4, -0.2) is 21.5 Å². The van der Waals surface area contributed by atoms with E-state index in [1.807, 2.05) is 0 Å². The third-order valence-electron chi connectivity index (χ3n) is 12.2. The van der Waals surface area contributed by atoms with E-state index in [-0.39, 0.29) is 13.4 Å². The molecule has 4 aliphatic rings. The SMILES string of the molecule is Cc1cc2c3c(cc4c([Si](C)(C)C)cc5c6c(cc1c3c46)B1c3ccc(Br)cc3Oc3cc(Br)cc-5c31)B1c3ccc(Br)cc3Oc3cc(Br)cc-2c31. The molecule has 0 aromatic heterocycles. The van der Waals surface area contributed by atoms with Gasteiger partial charge in [-0.15, -0.1) is 0 Å². The molecule has 9 heteroatoms. The molecular weight excluding hydrogens is 930 g/mol. The van der Waals surface area contributed by atoms with Gasteiger partial charge >= 0.3 is 0 Å². The fourth-order valence-corrected chi connectivity index (χ4v) is 13.3. The molecule has 0 spiro atoms. The molecule has 53 heavy (non-hydrogen) atoms. The molecule has 0 saturated heterocycles. The molecule has 0 fully saturated rings. The summed E-state index contributed by atoms with van der Waals surface area (Å²) in [7, 11) is -1.91. The minimum atomic E-state index is -1.91. The predicted molar refractivity (Wildman–Crippen MR) is 242 cm³/mol. The summed E-state index contributed by atoms with van der Waals surface area (Å²) in [6.07, 6.45) is 0. The van der Waals surface area contributed by atoms with Gasteiger partial charge in [0, 0.05) is 17.9 Å². The van der Waals surface area contributed by atoms with Gasteiger partial charge in [-0.05, 0) is 137 Å². The van der Waals surface area contributed by atoms with Crippen molar-refractivity contribution in [1.29, 1.82) is 0 Å². The maximum atomic E-state index is 6.75. The lowest BCUT2D eigenvalue weighted by Crippen LogP contribution is -2.58. The zero-order valence-electron chi connectivity index (χ0n) is 29.1. The van der Waals surface area contributed by atoms with E-state index < -0.39 is 8.07 Å². The van der Waals surface area contributed by atoms with Crippen LogP contribution in [0.3, 0.4) is 0 Å². The zero-order chi connectivity index (χ0) is 36.0. The Morgan fingerprint density at radius 3 is 1.45 bits per heavy atom. The second-order valence-electron chi connectivity index (χ2n) is 16.2. The smallest absolute Gasteiger partial charge is 0.252 e. The summed E-state index contributed by atoms with van der Waals surface area (Å²) >= 11 is 15.3. The highest BCUT2D eigenvalue weighted by Crippen LogP contribution is 2.48. The number of rotatable bonds is 1. The fraction of sp³-hybridized carbons (Fsp3) is 0.0909. The van der Waals surface area contributed by atoms with Gasteiger partial charge in [-0.3, -0.25) is 0 Å². The zero-order valence-corrected chi connectivity index (χ0v) is 36.4. The lowest BCUT2D eigenvalue weighted by atomic mass is 9.32. The molecule has 4 heterocycles. The number of halogens is 4. The van der Waals surface area contributed by atoms with E-state index in [0.29, 0.717) is 0 Å². The normalized spacial score (nSPS) is 14.3. The Hall–Kier alpha value is -3.33. The molecule has 0 radical (unpaired) electrons. The van der Waals surface area contributed by atoms with E-state index in [4.69, 9.17) is 9.47 Å². The summed E-state index contributed by atoms with van der Waals surface area (Å²) in [4.78, 5) is 0. The minimum Gasteiger partial charge on any atom is -0.458 e. The summed E-state index contributed by atoms with van der Waals surface area (Å²) in [5.41, 5.74) is 14.1. The molecule has 0 N–H and O–H groups in total. The van der Waals surface area contributed by atoms with Gasteiger partial charge in [0.2, 0.25) is 0 Å². The Balaban J connectivity index is 1.32. The number of fused-ring (bicyclic) bond motifs is 8. The van der Waals surface area contributed by atoms with Crippen LogP contribution in [0.5, 0.6) is 23.0 Å². The van der Waals surface area contributed by atoms with E-state index in [9.17, 15) is 0 Å². The predicted octanol–water partition coefficient (Wildman–Crippen LogP) is 9.69. The summed E-state index contributed by atoms with van der Waals surface area (Å²) in [5.74, 6) is 3.69. The Kier molecular flexibility index (Phi) is 6.33. The molecule has 0 saturated carbocycles. The molecule has 0 aliphatic carbocycles. The first-order valence-electron chi connectivity index (χ1n) is 17.9. The van der Waals surface area contributed by atoms with Crippen LogP contribution in [0, 0.1) is 6.92 Å². The van der Waals surface area contributed by atoms with Crippen LogP contribution in [0.25, 0.3) is 54.6 Å². The average Bonchev–Trinajstić information content (AvgIpc) is 3.10. The highest BCUT2D eigenvalue weighted by Gasteiger charge is 2.44. The van der Waals surface area contributed by atoms with Gasteiger partial charge in [0.1, 0.15) is 23.0 Å². The summed E-state index contributed by atoms with van der Waals surface area (Å²) in [5, 5.41) is 9.80. The van der Waals surface area contributed by atoms with Crippen LogP contribution in [0.2, 0.25) is 19.6 Å². The van der Waals surface area contributed by atoms with Gasteiger partial charge in [-0.1, -0.05) is 136 Å². The van der Waals surface area contributed by atoms with Crippen molar-refractivity contribution in [2.75, 3.05) is 0 Å². The fourth-order valence-electron chi connectivity index (χ4n) is 10.2. The van der Waals surface area contributed by atoms with Gasteiger partial charge in [0.25, 0.3) is 13.4 Å². The quantitative estimate of drug-likeness (QED) is 0.121. The maximum Gasteiger partial charge on any atom is 0.252 e. The standard InChI is InChI=1S/C44H26B2Br4O2Si/c1-19-9-25-27-10-22(49)14-36-43(27)46(31-8-6-21(48)13-35(31)51-36)33-17-29-38(53(2,3)4)18-26-28-11-23(50)15-37-44(28)45(30-7-5-20(47)12-34(30)52-37)32-16-24(19)41(39(25)33)42(29)40(26)32/h5-18H,1-4H3. The van der Waals surface area contributed by atoms with E-state index in [1.165, 1.54) is 98.1 Å². The Bertz CT molecular complexity index is 3080. The average molecular weight is 956 g/mol. The van der Waals surface area contributed by atoms with Crippen molar-refractivity contribution >= 4 is 156 Å². The molecule has 2 nitrogen and oxygen atoms in total. The van der Waals surface area contributed by atoms with Crippen molar-refractivity contribution in [1.82, 2.24) is 0 Å². The van der Waals surface area contributed by atoms with E-state index in [0.717, 1.165) is 40.9 Å². The topological polar surface area (TPSA) is 18.5 Å². The molecule has 12 rings (SSSR count). The first kappa shape index (κ1) is 32.0. The van der Waals surface area contributed by atoms with Crippen molar-refractivity contribution in [3.05, 3.63) is 108 Å². The van der Waals surface area contributed by atoms with E-state index in [1.54, 1.807) is 0 Å². The van der Waals surface area contributed by atoms with Crippen LogP contribution < -0.4 is 47.4 Å². The van der Waals surface area contributed by atoms with Crippen molar-refractivity contribution in [3.63, 3.8) is 0 Å². The van der Waals surface area contributed by atoms with Gasteiger partial charge in [0.05, 0.1) is 8.07 Å². The molecule has 0 atom stereocenters. The lowest BCUT2D eigenvalue weighted by Gasteiger charge is -2.38. The van der Waals surface area contributed by atoms with Gasteiger partial charge in [-0.2, -0.15) is 0 Å². The Morgan fingerprint density at radius 1 is 0.453 bits per heavy atom. The second-order valence-corrected chi connectivity index (χ2v) is 24.9. The van der Waals surface area contributed by atoms with Gasteiger partial charge < -0.3 is 9.47 Å². The van der Waals surface area contributed by atoms with Crippen LogP contribution >= 0.6 is 63.7 Å². The number of ether oxygens (including phenoxy) is 2. The molecule has 252 valence electrons. The van der Waals surface area contributed by atoms with E-state index in [2.05, 4.69) is 175 Å². The number of benzene rings is 8.